The minimum atomic E-state index is -0.578. The maximum atomic E-state index is 14.9. The number of halogens is 1. The standard InChI is InChI=1S/C28H33FN8O2/c29-22-11-18(17-7-9-37(10-8-17)27(32)33)3-6-23(22)36-24(38)21-14-28(12-19(21)13-28)25(39)35-20-4-1-16(2-5-20)15-34-26(30)31/h1-7,11,19,21H,8-10,12-15H2,(H3,32,33)(H,35,39)(H,36,38)(H4,30,31,34). The second-order valence-electron chi connectivity index (χ2n) is 10.7. The van der Waals surface area contributed by atoms with Crippen molar-refractivity contribution < 1.29 is 14.0 Å². The van der Waals surface area contributed by atoms with E-state index in [0.717, 1.165) is 16.7 Å². The van der Waals surface area contributed by atoms with Crippen molar-refractivity contribution in [3.05, 3.63) is 65.5 Å². The van der Waals surface area contributed by atoms with E-state index >= 15 is 0 Å². The van der Waals surface area contributed by atoms with Gasteiger partial charge in [-0.3, -0.25) is 20.4 Å². The Morgan fingerprint density at radius 3 is 2.41 bits per heavy atom. The minimum Gasteiger partial charge on any atom is -0.370 e. The van der Waals surface area contributed by atoms with Crippen molar-refractivity contribution in [1.82, 2.24) is 10.2 Å². The molecule has 0 spiro atoms. The van der Waals surface area contributed by atoms with Gasteiger partial charge >= 0.3 is 0 Å². The van der Waals surface area contributed by atoms with Crippen LogP contribution in [0.25, 0.3) is 5.57 Å². The maximum Gasteiger partial charge on any atom is 0.230 e. The van der Waals surface area contributed by atoms with Gasteiger partial charge in [0, 0.05) is 31.2 Å². The molecule has 3 aliphatic carbocycles. The second kappa shape index (κ2) is 10.4. The number of nitrogens with one attached hydrogen (secondary N) is 5. The molecule has 1 heterocycles. The van der Waals surface area contributed by atoms with Crippen molar-refractivity contribution in [2.24, 2.45) is 28.7 Å². The number of nitrogens with zero attached hydrogens (tertiary/aromatic N) is 1. The van der Waals surface area contributed by atoms with Crippen molar-refractivity contribution in [1.29, 1.82) is 10.8 Å². The predicted molar refractivity (Wildman–Crippen MR) is 148 cm³/mol. The molecule has 1 atom stereocenters. The molecule has 9 N–H and O–H groups in total. The maximum absolute atomic E-state index is 14.9. The molecule has 0 radical (unpaired) electrons. The summed E-state index contributed by atoms with van der Waals surface area (Å²) in [7, 11) is 0. The van der Waals surface area contributed by atoms with Gasteiger partial charge in [0.1, 0.15) is 5.82 Å². The molecule has 10 nitrogen and oxygen atoms in total. The zero-order valence-corrected chi connectivity index (χ0v) is 21.5. The third kappa shape index (κ3) is 5.43. The van der Waals surface area contributed by atoms with E-state index in [1.165, 1.54) is 6.07 Å². The Labute approximate surface area is 226 Å². The molecule has 1 unspecified atom stereocenters. The largest absolute Gasteiger partial charge is 0.370 e. The Balaban J connectivity index is 1.16. The van der Waals surface area contributed by atoms with Crippen molar-refractivity contribution in [3.63, 3.8) is 0 Å². The van der Waals surface area contributed by atoms with Gasteiger partial charge in [0.05, 0.1) is 11.1 Å². The molecule has 2 bridgehead atoms. The number of amides is 2. The minimum absolute atomic E-state index is 0.0208. The zero-order chi connectivity index (χ0) is 27.7. The lowest BCUT2D eigenvalue weighted by Crippen LogP contribution is -2.40. The summed E-state index contributed by atoms with van der Waals surface area (Å²) in [5, 5.41) is 23.2. The van der Waals surface area contributed by atoms with Gasteiger partial charge in [-0.25, -0.2) is 4.39 Å². The van der Waals surface area contributed by atoms with E-state index in [1.807, 2.05) is 18.2 Å². The van der Waals surface area contributed by atoms with Crippen LogP contribution in [0, 0.1) is 33.9 Å². The third-order valence-electron chi connectivity index (χ3n) is 8.15. The first-order valence-corrected chi connectivity index (χ1v) is 13.0. The fourth-order valence-corrected chi connectivity index (χ4v) is 5.93. The van der Waals surface area contributed by atoms with Gasteiger partial charge in [-0.05, 0) is 72.6 Å². The summed E-state index contributed by atoms with van der Waals surface area (Å²) < 4.78 is 14.9. The molecule has 2 aromatic carbocycles. The molecular formula is C28H33FN8O2. The summed E-state index contributed by atoms with van der Waals surface area (Å²) in [5.41, 5.74) is 13.7. The number of benzene rings is 2. The highest BCUT2D eigenvalue weighted by Gasteiger charge is 2.62. The number of hydrogen-bond donors (Lipinski definition) is 7. The topological polar surface area (TPSA) is 173 Å². The van der Waals surface area contributed by atoms with E-state index < -0.39 is 11.2 Å². The molecule has 6 rings (SSSR count). The fraction of sp³-hybridized carbons (Fsp3) is 0.357. The quantitative estimate of drug-likeness (QED) is 0.213. The lowest BCUT2D eigenvalue weighted by Gasteiger charge is -2.36. The average molecular weight is 533 g/mol. The van der Waals surface area contributed by atoms with E-state index in [4.69, 9.17) is 22.3 Å². The molecule has 39 heavy (non-hydrogen) atoms. The summed E-state index contributed by atoms with van der Waals surface area (Å²) in [6.07, 6.45) is 4.32. The van der Waals surface area contributed by atoms with Gasteiger partial charge in [-0.2, -0.15) is 0 Å². The normalized spacial score (nSPS) is 23.3. The van der Waals surface area contributed by atoms with Crippen molar-refractivity contribution in [2.45, 2.75) is 32.2 Å². The Kier molecular flexibility index (Phi) is 6.98. The van der Waals surface area contributed by atoms with Crippen LogP contribution >= 0.6 is 0 Å². The molecule has 4 aliphatic rings. The van der Waals surface area contributed by atoms with Crippen LogP contribution in [0.3, 0.4) is 0 Å². The highest BCUT2D eigenvalue weighted by atomic mass is 19.1. The van der Waals surface area contributed by atoms with Crippen LogP contribution in [0.1, 0.15) is 36.8 Å². The molecule has 204 valence electrons. The second-order valence-corrected chi connectivity index (χ2v) is 10.7. The number of rotatable bonds is 7. The highest BCUT2D eigenvalue weighted by Crippen LogP contribution is 2.62. The van der Waals surface area contributed by atoms with Crippen molar-refractivity contribution in [2.75, 3.05) is 23.7 Å². The number of carbonyl (C=O) groups is 2. The first-order valence-electron chi connectivity index (χ1n) is 13.0. The van der Waals surface area contributed by atoms with Gasteiger partial charge in [0.2, 0.25) is 11.8 Å². The van der Waals surface area contributed by atoms with Gasteiger partial charge in [0.15, 0.2) is 11.9 Å². The van der Waals surface area contributed by atoms with Gasteiger partial charge in [0.25, 0.3) is 0 Å². The summed E-state index contributed by atoms with van der Waals surface area (Å²) >= 11 is 0. The smallest absolute Gasteiger partial charge is 0.230 e. The molecular weight excluding hydrogens is 499 g/mol. The molecule has 3 fully saturated rings. The predicted octanol–water partition coefficient (Wildman–Crippen LogP) is 2.78. The van der Waals surface area contributed by atoms with E-state index in [1.54, 1.807) is 29.2 Å². The Morgan fingerprint density at radius 2 is 1.79 bits per heavy atom. The molecule has 0 aromatic heterocycles. The molecule has 11 heteroatoms. The zero-order valence-electron chi connectivity index (χ0n) is 21.5. The van der Waals surface area contributed by atoms with Gasteiger partial charge in [-0.15, -0.1) is 0 Å². The lowest BCUT2D eigenvalue weighted by molar-refractivity contribution is -0.129. The lowest BCUT2D eigenvalue weighted by atomic mass is 9.68. The van der Waals surface area contributed by atoms with Crippen LogP contribution in [-0.4, -0.2) is 41.7 Å². The fourth-order valence-electron chi connectivity index (χ4n) is 5.93. The van der Waals surface area contributed by atoms with Crippen LogP contribution in [0.15, 0.2) is 48.5 Å². The van der Waals surface area contributed by atoms with Gasteiger partial charge < -0.3 is 32.3 Å². The van der Waals surface area contributed by atoms with E-state index in [9.17, 15) is 14.0 Å². The average Bonchev–Trinajstić information content (AvgIpc) is 3.47. The van der Waals surface area contributed by atoms with E-state index in [0.29, 0.717) is 51.0 Å². The number of fused-ring (bicyclic) bond motifs is 1. The molecule has 0 saturated heterocycles. The number of guanidine groups is 2. The van der Waals surface area contributed by atoms with Crippen LogP contribution in [-0.2, 0) is 16.1 Å². The molecule has 2 aromatic rings. The molecule has 2 amide bonds. The molecule has 3 saturated carbocycles. The van der Waals surface area contributed by atoms with E-state index in [-0.39, 0.29) is 41.3 Å². The summed E-state index contributed by atoms with van der Waals surface area (Å²) in [6, 6.07) is 12.1. The van der Waals surface area contributed by atoms with Gasteiger partial charge in [-0.1, -0.05) is 24.3 Å². The van der Waals surface area contributed by atoms with Crippen molar-refractivity contribution in [3.8, 4) is 0 Å². The summed E-state index contributed by atoms with van der Waals surface area (Å²) in [6.45, 7) is 1.53. The first-order chi connectivity index (χ1) is 18.6. The van der Waals surface area contributed by atoms with Crippen LogP contribution in [0.4, 0.5) is 15.8 Å². The van der Waals surface area contributed by atoms with Crippen LogP contribution in [0.2, 0.25) is 0 Å². The molecule has 1 aliphatic heterocycles. The number of nitrogens with two attached hydrogens (primary N) is 2. The van der Waals surface area contributed by atoms with Crippen LogP contribution in [0.5, 0.6) is 0 Å². The highest BCUT2D eigenvalue weighted by molar-refractivity contribution is 5.99. The Bertz CT molecular complexity index is 1350. The summed E-state index contributed by atoms with van der Waals surface area (Å²) in [4.78, 5) is 27.9. The van der Waals surface area contributed by atoms with Crippen molar-refractivity contribution >= 4 is 40.7 Å². The Morgan fingerprint density at radius 1 is 1.05 bits per heavy atom. The van der Waals surface area contributed by atoms with E-state index in [2.05, 4.69) is 16.0 Å². The number of anilines is 2. The summed E-state index contributed by atoms with van der Waals surface area (Å²) in [5.74, 6) is -1.17. The first kappa shape index (κ1) is 26.2. The monoisotopic (exact) mass is 532 g/mol. The third-order valence-corrected chi connectivity index (χ3v) is 8.15. The Hall–Kier alpha value is -4.41. The number of hydrogen-bond acceptors (Lipinski definition) is 4. The number of carbonyl (C=O) groups excluding carboxylic acids is 2. The SMILES string of the molecule is N=C(N)NCc1ccc(NC(=O)C23CC(C2)C(C(=O)Nc2ccc(C4=CCN(C(=N)N)CC4)cc2F)C3)cc1. The van der Waals surface area contributed by atoms with Crippen LogP contribution < -0.4 is 27.4 Å².